The summed E-state index contributed by atoms with van der Waals surface area (Å²) in [6.07, 6.45) is 5.56. The average molecular weight is 573 g/mol. The fourth-order valence-electron chi connectivity index (χ4n) is 5.08. The maximum absolute atomic E-state index is 14.1. The number of methoxy groups -OCH3 is 1. The Balaban J connectivity index is 1.99. The predicted molar refractivity (Wildman–Crippen MR) is 159 cm³/mol. The van der Waals surface area contributed by atoms with E-state index in [1.165, 1.54) is 25.4 Å². The summed E-state index contributed by atoms with van der Waals surface area (Å²) < 4.78 is 34.5. The number of hydrogen-bond acceptors (Lipinski definition) is 5. The molecule has 0 aliphatic heterocycles. The molecule has 2 amide bonds. The number of amides is 2. The van der Waals surface area contributed by atoms with E-state index in [4.69, 9.17) is 4.74 Å². The topological polar surface area (TPSA) is 99.3 Å². The zero-order valence-electron chi connectivity index (χ0n) is 24.6. The first-order chi connectivity index (χ1) is 19.0. The van der Waals surface area contributed by atoms with Crippen molar-refractivity contribution in [3.8, 4) is 5.75 Å². The zero-order valence-corrected chi connectivity index (χ0v) is 25.5. The van der Waals surface area contributed by atoms with Gasteiger partial charge in [0, 0.05) is 26.7 Å². The van der Waals surface area contributed by atoms with Gasteiger partial charge in [0.2, 0.25) is 11.8 Å². The Morgan fingerprint density at radius 3 is 2.25 bits per heavy atom. The van der Waals surface area contributed by atoms with Crippen LogP contribution in [0.25, 0.3) is 0 Å². The largest absolute Gasteiger partial charge is 0.497 e. The standard InChI is InChI=1S/C30H44N4O5S/c1-7-27(30(36)31-25-11-9-8-10-12-25)33(20-24-15-17-26(39-6)18-16-24)29(35)21-34(40(37,38)32(4)5)28-19-22(2)13-14-23(28)3/h13-19,25,27H,7-12,20-21H2,1-6H3,(H,31,36)/t27-/m0/s1. The van der Waals surface area contributed by atoms with E-state index in [9.17, 15) is 18.0 Å². The van der Waals surface area contributed by atoms with Gasteiger partial charge in [-0.25, -0.2) is 4.31 Å². The summed E-state index contributed by atoms with van der Waals surface area (Å²) in [6.45, 7) is 5.29. The molecule has 1 atom stereocenters. The molecule has 40 heavy (non-hydrogen) atoms. The van der Waals surface area contributed by atoms with Crippen molar-refractivity contribution in [2.45, 2.75) is 77.9 Å². The Morgan fingerprint density at radius 1 is 1.02 bits per heavy atom. The summed E-state index contributed by atoms with van der Waals surface area (Å²) in [5.41, 5.74) is 2.85. The third-order valence-corrected chi connectivity index (χ3v) is 9.31. The van der Waals surface area contributed by atoms with Gasteiger partial charge in [-0.3, -0.25) is 9.59 Å². The quantitative estimate of drug-likeness (QED) is 0.411. The summed E-state index contributed by atoms with van der Waals surface area (Å²) in [4.78, 5) is 29.2. The number of benzene rings is 2. The molecule has 0 heterocycles. The smallest absolute Gasteiger partial charge is 0.304 e. The number of nitrogens with zero attached hydrogens (tertiary/aromatic N) is 3. The van der Waals surface area contributed by atoms with Crippen molar-refractivity contribution in [2.24, 2.45) is 0 Å². The van der Waals surface area contributed by atoms with Crippen molar-refractivity contribution in [1.82, 2.24) is 14.5 Å². The van der Waals surface area contributed by atoms with E-state index in [-0.39, 0.29) is 18.5 Å². The first kappa shape index (κ1) is 31.4. The van der Waals surface area contributed by atoms with Crippen LogP contribution in [-0.4, -0.2) is 69.3 Å². The highest BCUT2D eigenvalue weighted by Gasteiger charge is 2.35. The fourth-order valence-corrected chi connectivity index (χ4v) is 6.19. The maximum atomic E-state index is 14.1. The molecule has 10 heteroatoms. The predicted octanol–water partition coefficient (Wildman–Crippen LogP) is 4.18. The molecular weight excluding hydrogens is 528 g/mol. The van der Waals surface area contributed by atoms with E-state index >= 15 is 0 Å². The first-order valence-corrected chi connectivity index (χ1v) is 15.4. The van der Waals surface area contributed by atoms with E-state index in [0.29, 0.717) is 17.9 Å². The highest BCUT2D eigenvalue weighted by Crippen LogP contribution is 2.26. The Hall–Kier alpha value is -3.11. The zero-order chi connectivity index (χ0) is 29.4. The van der Waals surface area contributed by atoms with Crippen LogP contribution in [0.4, 0.5) is 5.69 Å². The molecular formula is C30H44N4O5S. The van der Waals surface area contributed by atoms with E-state index in [0.717, 1.165) is 51.0 Å². The number of rotatable bonds is 12. The molecule has 2 aromatic rings. The van der Waals surface area contributed by atoms with Gasteiger partial charge >= 0.3 is 10.2 Å². The fraction of sp³-hybridized carbons (Fsp3) is 0.533. The molecule has 9 nitrogen and oxygen atoms in total. The number of hydrogen-bond donors (Lipinski definition) is 1. The minimum Gasteiger partial charge on any atom is -0.497 e. The number of aryl methyl sites for hydroxylation is 2. The molecule has 1 aliphatic carbocycles. The second kappa shape index (κ2) is 14.0. The van der Waals surface area contributed by atoms with Gasteiger partial charge in [-0.15, -0.1) is 0 Å². The van der Waals surface area contributed by atoms with Crippen LogP contribution in [0.5, 0.6) is 5.75 Å². The molecule has 0 aromatic heterocycles. The Morgan fingerprint density at radius 2 is 1.68 bits per heavy atom. The SMILES string of the molecule is CC[C@@H](C(=O)NC1CCCCC1)N(Cc1ccc(OC)cc1)C(=O)CN(c1cc(C)ccc1C)S(=O)(=O)N(C)C. The van der Waals surface area contributed by atoms with E-state index < -0.39 is 28.7 Å². The van der Waals surface area contributed by atoms with Crippen LogP contribution in [0.2, 0.25) is 0 Å². The van der Waals surface area contributed by atoms with Gasteiger partial charge in [0.05, 0.1) is 12.8 Å². The van der Waals surface area contributed by atoms with Gasteiger partial charge < -0.3 is 15.0 Å². The molecule has 0 spiro atoms. The highest BCUT2D eigenvalue weighted by molar-refractivity contribution is 7.90. The van der Waals surface area contributed by atoms with Crippen molar-refractivity contribution >= 4 is 27.7 Å². The molecule has 0 radical (unpaired) electrons. The lowest BCUT2D eigenvalue weighted by Gasteiger charge is -2.35. The number of nitrogens with one attached hydrogen (secondary N) is 1. The minimum absolute atomic E-state index is 0.0915. The van der Waals surface area contributed by atoms with Gasteiger partial charge in [0.15, 0.2) is 0 Å². The lowest BCUT2D eigenvalue weighted by atomic mass is 9.95. The molecule has 1 N–H and O–H groups in total. The van der Waals surface area contributed by atoms with E-state index in [1.807, 2.05) is 45.0 Å². The lowest BCUT2D eigenvalue weighted by Crippen LogP contribution is -2.54. The van der Waals surface area contributed by atoms with Gasteiger partial charge in [0.25, 0.3) is 0 Å². The molecule has 0 saturated heterocycles. The summed E-state index contributed by atoms with van der Waals surface area (Å²) in [7, 11) is 0.457. The van der Waals surface area contributed by atoms with Crippen LogP contribution in [-0.2, 0) is 26.3 Å². The molecule has 0 bridgehead atoms. The Bertz CT molecular complexity index is 1260. The van der Waals surface area contributed by atoms with Crippen LogP contribution in [0.1, 0.15) is 62.1 Å². The number of anilines is 1. The van der Waals surface area contributed by atoms with Gasteiger partial charge in [-0.05, 0) is 68.0 Å². The highest BCUT2D eigenvalue weighted by atomic mass is 32.2. The molecule has 1 saturated carbocycles. The number of carbonyl (C=O) groups is 2. The van der Waals surface area contributed by atoms with E-state index in [1.54, 1.807) is 25.3 Å². The van der Waals surface area contributed by atoms with E-state index in [2.05, 4.69) is 5.32 Å². The monoisotopic (exact) mass is 572 g/mol. The third-order valence-electron chi connectivity index (χ3n) is 7.50. The molecule has 220 valence electrons. The van der Waals surface area contributed by atoms with Crippen molar-refractivity contribution in [3.05, 3.63) is 59.2 Å². The Kier molecular flexibility index (Phi) is 11.0. The second-order valence-corrected chi connectivity index (χ2v) is 12.8. The minimum atomic E-state index is -4.02. The molecule has 2 aromatic carbocycles. The first-order valence-electron chi connectivity index (χ1n) is 14.0. The summed E-state index contributed by atoms with van der Waals surface area (Å²) in [5, 5.41) is 3.17. The number of carbonyl (C=O) groups excluding carboxylic acids is 2. The van der Waals surface area contributed by atoms with Crippen LogP contribution >= 0.6 is 0 Å². The average Bonchev–Trinajstić information content (AvgIpc) is 2.93. The Labute approximate surface area is 239 Å². The number of ether oxygens (including phenoxy) is 1. The summed E-state index contributed by atoms with van der Waals surface area (Å²) in [6, 6.07) is 12.2. The summed E-state index contributed by atoms with van der Waals surface area (Å²) in [5.74, 6) is 0.0275. The van der Waals surface area contributed by atoms with Crippen LogP contribution < -0.4 is 14.4 Å². The van der Waals surface area contributed by atoms with Crippen molar-refractivity contribution in [2.75, 3.05) is 32.1 Å². The summed E-state index contributed by atoms with van der Waals surface area (Å²) >= 11 is 0. The molecule has 0 unspecified atom stereocenters. The van der Waals surface area contributed by atoms with Gasteiger partial charge in [-0.1, -0.05) is 50.5 Å². The molecule has 3 rings (SSSR count). The van der Waals surface area contributed by atoms with Gasteiger partial charge in [-0.2, -0.15) is 12.7 Å². The van der Waals surface area contributed by atoms with Crippen LogP contribution in [0.3, 0.4) is 0 Å². The third kappa shape index (κ3) is 7.75. The van der Waals surface area contributed by atoms with Crippen molar-refractivity contribution < 1.29 is 22.7 Å². The lowest BCUT2D eigenvalue weighted by molar-refractivity contribution is -0.140. The molecule has 1 fully saturated rings. The normalized spacial score (nSPS) is 15.0. The van der Waals surface area contributed by atoms with Gasteiger partial charge in [0.1, 0.15) is 18.3 Å². The van der Waals surface area contributed by atoms with Crippen LogP contribution in [0, 0.1) is 13.8 Å². The van der Waals surface area contributed by atoms with Crippen molar-refractivity contribution in [3.63, 3.8) is 0 Å². The second-order valence-electron chi connectivity index (χ2n) is 10.7. The maximum Gasteiger partial charge on any atom is 0.304 e. The van der Waals surface area contributed by atoms with Crippen LogP contribution in [0.15, 0.2) is 42.5 Å². The molecule has 1 aliphatic rings. The van der Waals surface area contributed by atoms with Crippen molar-refractivity contribution in [1.29, 1.82) is 0 Å².